The van der Waals surface area contributed by atoms with E-state index in [2.05, 4.69) is 4.98 Å². The molecule has 28 heavy (non-hydrogen) atoms. The van der Waals surface area contributed by atoms with Crippen LogP contribution in [0.1, 0.15) is 23.2 Å². The van der Waals surface area contributed by atoms with Gasteiger partial charge in [-0.15, -0.1) is 0 Å². The summed E-state index contributed by atoms with van der Waals surface area (Å²) in [7, 11) is -1.99. The molecule has 0 saturated carbocycles. The average molecular weight is 401 g/mol. The summed E-state index contributed by atoms with van der Waals surface area (Å²) in [6.45, 7) is 1.93. The second-order valence-electron chi connectivity index (χ2n) is 7.53. The zero-order valence-electron chi connectivity index (χ0n) is 15.7. The Hall–Kier alpha value is -2.45. The molecule has 1 spiro atoms. The number of carbonyl (C=O) groups is 1. The zero-order valence-corrected chi connectivity index (χ0v) is 16.6. The van der Waals surface area contributed by atoms with Crippen molar-refractivity contribution in [2.24, 2.45) is 5.41 Å². The fourth-order valence-electron chi connectivity index (χ4n) is 3.94. The molecule has 0 aliphatic carbocycles. The summed E-state index contributed by atoms with van der Waals surface area (Å²) in [6, 6.07) is 10.3. The van der Waals surface area contributed by atoms with Crippen LogP contribution in [0.2, 0.25) is 0 Å². The maximum absolute atomic E-state index is 12.9. The number of piperidine rings is 1. The van der Waals surface area contributed by atoms with Gasteiger partial charge >= 0.3 is 0 Å². The molecule has 7 nitrogen and oxygen atoms in total. The fourth-order valence-corrected chi connectivity index (χ4v) is 5.35. The van der Waals surface area contributed by atoms with Crippen LogP contribution in [0.3, 0.4) is 0 Å². The standard InChI is InChI=1S/C20H23N3O4S/c1-22-14-20(15-27-17-6-2-3-7-18(17)28(22,25)26)8-11-23(12-9-20)19(24)16-5-4-10-21-13-16/h2-7,10,13H,8-9,11-12,14-15H2,1H3. The summed E-state index contributed by atoms with van der Waals surface area (Å²) in [6.07, 6.45) is 4.58. The monoisotopic (exact) mass is 401 g/mol. The van der Waals surface area contributed by atoms with Crippen LogP contribution in [0.4, 0.5) is 0 Å². The molecular formula is C20H23N3O4S. The van der Waals surface area contributed by atoms with Gasteiger partial charge in [-0.25, -0.2) is 12.7 Å². The minimum atomic E-state index is -3.61. The number of fused-ring (bicyclic) bond motifs is 1. The summed E-state index contributed by atoms with van der Waals surface area (Å²) >= 11 is 0. The van der Waals surface area contributed by atoms with Crippen molar-refractivity contribution < 1.29 is 17.9 Å². The molecule has 8 heteroatoms. The summed E-state index contributed by atoms with van der Waals surface area (Å²) in [4.78, 5) is 18.7. The molecule has 4 rings (SSSR count). The number of para-hydroxylation sites is 1. The second-order valence-corrected chi connectivity index (χ2v) is 9.54. The van der Waals surface area contributed by atoms with Crippen LogP contribution in [0.15, 0.2) is 53.7 Å². The molecule has 148 valence electrons. The topological polar surface area (TPSA) is 79.8 Å². The number of carbonyl (C=O) groups excluding carboxylic acids is 1. The SMILES string of the molecule is CN1CC2(CCN(C(=O)c3cccnc3)CC2)COc2ccccc2S1(=O)=O. The van der Waals surface area contributed by atoms with Crippen LogP contribution >= 0.6 is 0 Å². The molecule has 2 aromatic rings. The van der Waals surface area contributed by atoms with Gasteiger partial charge in [0, 0.05) is 44.5 Å². The van der Waals surface area contributed by atoms with Gasteiger partial charge in [-0.1, -0.05) is 12.1 Å². The smallest absolute Gasteiger partial charge is 0.255 e. The normalized spacial score (nSPS) is 21.2. The van der Waals surface area contributed by atoms with Gasteiger partial charge < -0.3 is 9.64 Å². The van der Waals surface area contributed by atoms with E-state index < -0.39 is 10.0 Å². The Kier molecular flexibility index (Phi) is 4.84. The van der Waals surface area contributed by atoms with Gasteiger partial charge in [-0.05, 0) is 37.1 Å². The van der Waals surface area contributed by atoms with Crippen LogP contribution in [0, 0.1) is 5.41 Å². The first-order valence-electron chi connectivity index (χ1n) is 9.29. The van der Waals surface area contributed by atoms with Gasteiger partial charge in [-0.2, -0.15) is 0 Å². The molecule has 1 saturated heterocycles. The van der Waals surface area contributed by atoms with E-state index in [1.807, 2.05) is 4.90 Å². The first kappa shape index (κ1) is 18.9. The van der Waals surface area contributed by atoms with E-state index in [0.29, 0.717) is 50.4 Å². The Bertz CT molecular complexity index is 970. The quantitative estimate of drug-likeness (QED) is 0.730. The Morgan fingerprint density at radius 3 is 2.61 bits per heavy atom. The maximum atomic E-state index is 12.9. The van der Waals surface area contributed by atoms with Crippen LogP contribution in [-0.4, -0.2) is 61.8 Å². The number of amides is 1. The molecule has 2 aliphatic heterocycles. The van der Waals surface area contributed by atoms with E-state index in [1.54, 1.807) is 55.8 Å². The largest absolute Gasteiger partial charge is 0.492 e. The third-order valence-corrected chi connectivity index (χ3v) is 7.49. The molecule has 3 heterocycles. The van der Waals surface area contributed by atoms with Crippen molar-refractivity contribution in [3.05, 3.63) is 54.4 Å². The summed E-state index contributed by atoms with van der Waals surface area (Å²) < 4.78 is 33.3. The molecule has 0 unspecified atom stereocenters. The number of likely N-dealkylation sites (tertiary alicyclic amines) is 1. The predicted octanol–water partition coefficient (Wildman–Crippen LogP) is 2.02. The Labute approximate surface area is 165 Å². The van der Waals surface area contributed by atoms with E-state index in [4.69, 9.17) is 4.74 Å². The Morgan fingerprint density at radius 1 is 1.14 bits per heavy atom. The molecule has 2 aliphatic rings. The van der Waals surface area contributed by atoms with E-state index in [1.165, 1.54) is 4.31 Å². The van der Waals surface area contributed by atoms with Crippen molar-refractivity contribution in [2.75, 3.05) is 33.3 Å². The van der Waals surface area contributed by atoms with Gasteiger partial charge in [0.25, 0.3) is 5.91 Å². The second kappa shape index (κ2) is 7.18. The highest BCUT2D eigenvalue weighted by Gasteiger charge is 2.42. The number of pyridine rings is 1. The third kappa shape index (κ3) is 3.38. The lowest BCUT2D eigenvalue weighted by atomic mass is 9.78. The van der Waals surface area contributed by atoms with Crippen LogP contribution < -0.4 is 4.74 Å². The molecular weight excluding hydrogens is 378 g/mol. The van der Waals surface area contributed by atoms with Crippen molar-refractivity contribution in [3.63, 3.8) is 0 Å². The number of hydrogen-bond acceptors (Lipinski definition) is 5. The van der Waals surface area contributed by atoms with Crippen molar-refractivity contribution in [2.45, 2.75) is 17.7 Å². The maximum Gasteiger partial charge on any atom is 0.255 e. The molecule has 1 aromatic heterocycles. The Morgan fingerprint density at radius 2 is 1.89 bits per heavy atom. The lowest BCUT2D eigenvalue weighted by molar-refractivity contribution is 0.0324. The number of ether oxygens (including phenoxy) is 1. The molecule has 0 N–H and O–H groups in total. The van der Waals surface area contributed by atoms with Crippen molar-refractivity contribution >= 4 is 15.9 Å². The van der Waals surface area contributed by atoms with Gasteiger partial charge in [-0.3, -0.25) is 9.78 Å². The summed E-state index contributed by atoms with van der Waals surface area (Å²) in [5, 5.41) is 0. The van der Waals surface area contributed by atoms with Crippen molar-refractivity contribution in [3.8, 4) is 5.75 Å². The minimum Gasteiger partial charge on any atom is -0.492 e. The third-order valence-electron chi connectivity index (χ3n) is 5.65. The highest BCUT2D eigenvalue weighted by atomic mass is 32.2. The lowest BCUT2D eigenvalue weighted by Crippen LogP contribution is -2.51. The van der Waals surface area contributed by atoms with E-state index in [9.17, 15) is 13.2 Å². The predicted molar refractivity (Wildman–Crippen MR) is 104 cm³/mol. The van der Waals surface area contributed by atoms with Gasteiger partial charge in [0.15, 0.2) is 0 Å². The van der Waals surface area contributed by atoms with E-state index >= 15 is 0 Å². The zero-order chi connectivity index (χ0) is 19.8. The lowest BCUT2D eigenvalue weighted by Gasteiger charge is -2.44. The minimum absolute atomic E-state index is 0.0407. The van der Waals surface area contributed by atoms with Gasteiger partial charge in [0.05, 0.1) is 12.2 Å². The van der Waals surface area contributed by atoms with Crippen LogP contribution in [0.5, 0.6) is 5.75 Å². The highest BCUT2D eigenvalue weighted by molar-refractivity contribution is 7.89. The first-order chi connectivity index (χ1) is 13.4. The van der Waals surface area contributed by atoms with Crippen molar-refractivity contribution in [1.29, 1.82) is 0 Å². The molecule has 1 amide bonds. The number of sulfonamides is 1. The molecule has 1 aromatic carbocycles. The summed E-state index contributed by atoms with van der Waals surface area (Å²) in [5.41, 5.74) is 0.252. The number of hydrogen-bond donors (Lipinski definition) is 0. The molecule has 0 atom stereocenters. The number of benzene rings is 1. The number of aromatic nitrogens is 1. The average Bonchev–Trinajstić information content (AvgIpc) is 2.72. The number of rotatable bonds is 1. The Balaban J connectivity index is 1.54. The first-order valence-corrected chi connectivity index (χ1v) is 10.7. The van der Waals surface area contributed by atoms with Gasteiger partial charge in [0.2, 0.25) is 10.0 Å². The van der Waals surface area contributed by atoms with Crippen LogP contribution in [0.25, 0.3) is 0 Å². The molecule has 0 bridgehead atoms. The molecule has 0 radical (unpaired) electrons. The van der Waals surface area contributed by atoms with E-state index in [0.717, 1.165) is 0 Å². The van der Waals surface area contributed by atoms with E-state index in [-0.39, 0.29) is 16.2 Å². The highest BCUT2D eigenvalue weighted by Crippen LogP contribution is 2.38. The van der Waals surface area contributed by atoms with Crippen LogP contribution in [-0.2, 0) is 10.0 Å². The molecule has 1 fully saturated rings. The summed E-state index contributed by atoms with van der Waals surface area (Å²) in [5.74, 6) is 0.350. The van der Waals surface area contributed by atoms with Gasteiger partial charge in [0.1, 0.15) is 10.6 Å². The van der Waals surface area contributed by atoms with Crippen molar-refractivity contribution in [1.82, 2.24) is 14.2 Å². The number of nitrogens with zero attached hydrogens (tertiary/aromatic N) is 3. The fraction of sp³-hybridized carbons (Fsp3) is 0.400.